The molecule has 1 unspecified atom stereocenters. The zero-order valence-electron chi connectivity index (χ0n) is 10.2. The van der Waals surface area contributed by atoms with Crippen LogP contribution in [0.25, 0.3) is 11.3 Å². The van der Waals surface area contributed by atoms with Crippen LogP contribution in [0.15, 0.2) is 30.6 Å². The topological polar surface area (TPSA) is 59.9 Å². The van der Waals surface area contributed by atoms with Crippen molar-refractivity contribution in [2.24, 2.45) is 0 Å². The molecule has 0 bridgehead atoms. The Labute approximate surface area is 116 Å². The predicted molar refractivity (Wildman–Crippen MR) is 71.8 cm³/mol. The SMILES string of the molecule is Clc1nccc(-c2cccnc2C2CNCCO2)n1. The number of nitrogens with zero attached hydrogens (tertiary/aromatic N) is 3. The molecule has 1 N–H and O–H groups in total. The maximum Gasteiger partial charge on any atom is 0.222 e. The fourth-order valence-corrected chi connectivity index (χ4v) is 2.26. The zero-order chi connectivity index (χ0) is 13.1. The van der Waals surface area contributed by atoms with Gasteiger partial charge < -0.3 is 10.1 Å². The van der Waals surface area contributed by atoms with Gasteiger partial charge in [0.25, 0.3) is 0 Å². The highest BCUT2D eigenvalue weighted by Gasteiger charge is 2.21. The Morgan fingerprint density at radius 3 is 3.00 bits per heavy atom. The highest BCUT2D eigenvalue weighted by atomic mass is 35.5. The number of nitrogens with one attached hydrogen (secondary N) is 1. The van der Waals surface area contributed by atoms with Gasteiger partial charge >= 0.3 is 0 Å². The third-order valence-electron chi connectivity index (χ3n) is 2.97. The molecule has 6 heteroatoms. The van der Waals surface area contributed by atoms with Crippen LogP contribution in [0, 0.1) is 0 Å². The Morgan fingerprint density at radius 1 is 1.26 bits per heavy atom. The van der Waals surface area contributed by atoms with Gasteiger partial charge in [-0.15, -0.1) is 0 Å². The fourth-order valence-electron chi connectivity index (χ4n) is 2.12. The van der Waals surface area contributed by atoms with E-state index >= 15 is 0 Å². The van der Waals surface area contributed by atoms with E-state index in [1.54, 1.807) is 12.4 Å². The summed E-state index contributed by atoms with van der Waals surface area (Å²) in [6.07, 6.45) is 3.35. The molecule has 1 aliphatic rings. The van der Waals surface area contributed by atoms with Crippen LogP contribution < -0.4 is 5.32 Å². The third kappa shape index (κ3) is 2.73. The van der Waals surface area contributed by atoms with Crippen molar-refractivity contribution in [1.29, 1.82) is 0 Å². The van der Waals surface area contributed by atoms with Gasteiger partial charge in [0.15, 0.2) is 0 Å². The lowest BCUT2D eigenvalue weighted by Gasteiger charge is -2.24. The van der Waals surface area contributed by atoms with Crippen molar-refractivity contribution >= 4 is 11.6 Å². The maximum absolute atomic E-state index is 5.85. The Bertz CT molecular complexity index is 572. The molecule has 1 saturated heterocycles. The second-order valence-corrected chi connectivity index (χ2v) is 4.55. The summed E-state index contributed by atoms with van der Waals surface area (Å²) in [4.78, 5) is 12.6. The van der Waals surface area contributed by atoms with Gasteiger partial charge in [-0.25, -0.2) is 9.97 Å². The lowest BCUT2D eigenvalue weighted by Crippen LogP contribution is -2.34. The standard InChI is InChI=1S/C13H13ClN4O/c14-13-17-5-3-10(18-13)9-2-1-4-16-12(9)11-8-15-6-7-19-11/h1-5,11,15H,6-8H2. The van der Waals surface area contributed by atoms with Crippen LogP contribution >= 0.6 is 11.6 Å². The lowest BCUT2D eigenvalue weighted by molar-refractivity contribution is 0.0254. The van der Waals surface area contributed by atoms with Gasteiger partial charge in [-0.2, -0.15) is 0 Å². The number of aromatic nitrogens is 3. The molecule has 19 heavy (non-hydrogen) atoms. The number of halogens is 1. The van der Waals surface area contributed by atoms with E-state index in [1.807, 2.05) is 18.2 Å². The minimum atomic E-state index is -0.0568. The summed E-state index contributed by atoms with van der Waals surface area (Å²) in [5.41, 5.74) is 2.57. The molecule has 0 spiro atoms. The van der Waals surface area contributed by atoms with Crippen molar-refractivity contribution < 1.29 is 4.74 Å². The number of hydrogen-bond donors (Lipinski definition) is 1. The Kier molecular flexibility index (Phi) is 3.68. The fraction of sp³-hybridized carbons (Fsp3) is 0.308. The van der Waals surface area contributed by atoms with Crippen LogP contribution in [-0.4, -0.2) is 34.6 Å². The summed E-state index contributed by atoms with van der Waals surface area (Å²) in [6, 6.07) is 5.67. The third-order valence-corrected chi connectivity index (χ3v) is 3.16. The molecule has 1 atom stereocenters. The minimum absolute atomic E-state index is 0.0568. The zero-order valence-corrected chi connectivity index (χ0v) is 11.0. The van der Waals surface area contributed by atoms with E-state index in [2.05, 4.69) is 20.3 Å². The van der Waals surface area contributed by atoms with Crippen molar-refractivity contribution in [3.05, 3.63) is 41.6 Å². The van der Waals surface area contributed by atoms with Crippen LogP contribution in [0.1, 0.15) is 11.8 Å². The molecule has 1 fully saturated rings. The molecule has 2 aromatic heterocycles. The second-order valence-electron chi connectivity index (χ2n) is 4.21. The number of ether oxygens (including phenoxy) is 1. The molecule has 3 rings (SSSR count). The van der Waals surface area contributed by atoms with E-state index in [1.165, 1.54) is 0 Å². The van der Waals surface area contributed by atoms with E-state index in [4.69, 9.17) is 16.3 Å². The van der Waals surface area contributed by atoms with Crippen LogP contribution in [0.4, 0.5) is 0 Å². The highest BCUT2D eigenvalue weighted by molar-refractivity contribution is 6.28. The van der Waals surface area contributed by atoms with Gasteiger partial charge in [-0.3, -0.25) is 4.98 Å². The Balaban J connectivity index is 2.01. The smallest absolute Gasteiger partial charge is 0.222 e. The quantitative estimate of drug-likeness (QED) is 0.849. The summed E-state index contributed by atoms with van der Waals surface area (Å²) in [5, 5.41) is 3.53. The molecule has 0 radical (unpaired) electrons. The first-order valence-electron chi connectivity index (χ1n) is 6.11. The van der Waals surface area contributed by atoms with E-state index in [0.717, 1.165) is 30.0 Å². The van der Waals surface area contributed by atoms with Crippen molar-refractivity contribution in [3.63, 3.8) is 0 Å². The van der Waals surface area contributed by atoms with Crippen molar-refractivity contribution in [2.75, 3.05) is 19.7 Å². The number of morpholine rings is 1. The van der Waals surface area contributed by atoms with Crippen LogP contribution in [0.3, 0.4) is 0 Å². The molecule has 2 aromatic rings. The van der Waals surface area contributed by atoms with E-state index < -0.39 is 0 Å². The summed E-state index contributed by atoms with van der Waals surface area (Å²) in [5.74, 6) is 0. The van der Waals surface area contributed by atoms with Gasteiger partial charge in [-0.05, 0) is 29.8 Å². The molecule has 0 amide bonds. The minimum Gasteiger partial charge on any atom is -0.369 e. The summed E-state index contributed by atoms with van der Waals surface area (Å²) >= 11 is 5.85. The molecule has 0 saturated carbocycles. The second kappa shape index (κ2) is 5.61. The van der Waals surface area contributed by atoms with Gasteiger partial charge in [-0.1, -0.05) is 0 Å². The molecular weight excluding hydrogens is 264 g/mol. The summed E-state index contributed by atoms with van der Waals surface area (Å²) in [7, 11) is 0. The van der Waals surface area contributed by atoms with Crippen molar-refractivity contribution in [3.8, 4) is 11.3 Å². The summed E-state index contributed by atoms with van der Waals surface area (Å²) in [6.45, 7) is 2.31. The van der Waals surface area contributed by atoms with E-state index in [0.29, 0.717) is 6.61 Å². The first-order valence-corrected chi connectivity index (χ1v) is 6.48. The van der Waals surface area contributed by atoms with Gasteiger partial charge in [0.1, 0.15) is 6.10 Å². The Morgan fingerprint density at radius 2 is 2.21 bits per heavy atom. The maximum atomic E-state index is 5.85. The normalized spacial score (nSPS) is 19.3. The van der Waals surface area contributed by atoms with Crippen LogP contribution in [-0.2, 0) is 4.74 Å². The monoisotopic (exact) mass is 276 g/mol. The van der Waals surface area contributed by atoms with Crippen molar-refractivity contribution in [1.82, 2.24) is 20.3 Å². The van der Waals surface area contributed by atoms with E-state index in [-0.39, 0.29) is 11.4 Å². The number of pyridine rings is 1. The van der Waals surface area contributed by atoms with Crippen LogP contribution in [0.2, 0.25) is 5.28 Å². The largest absolute Gasteiger partial charge is 0.369 e. The molecule has 5 nitrogen and oxygen atoms in total. The van der Waals surface area contributed by atoms with Gasteiger partial charge in [0.2, 0.25) is 5.28 Å². The van der Waals surface area contributed by atoms with Crippen molar-refractivity contribution in [2.45, 2.75) is 6.10 Å². The molecule has 1 aliphatic heterocycles. The molecule has 0 aromatic carbocycles. The molecule has 98 valence electrons. The molecular formula is C13H13ClN4O. The first-order chi connectivity index (χ1) is 9.34. The van der Waals surface area contributed by atoms with E-state index in [9.17, 15) is 0 Å². The highest BCUT2D eigenvalue weighted by Crippen LogP contribution is 2.27. The van der Waals surface area contributed by atoms with Gasteiger partial charge in [0.05, 0.1) is 18.0 Å². The average Bonchev–Trinajstić information content (AvgIpc) is 2.48. The predicted octanol–water partition coefficient (Wildman–Crippen LogP) is 1.85. The number of rotatable bonds is 2. The average molecular weight is 277 g/mol. The summed E-state index contributed by atoms with van der Waals surface area (Å²) < 4.78 is 5.75. The molecule has 3 heterocycles. The first kappa shape index (κ1) is 12.5. The van der Waals surface area contributed by atoms with Gasteiger partial charge in [0, 0.05) is 31.0 Å². The number of hydrogen-bond acceptors (Lipinski definition) is 5. The Hall–Kier alpha value is -1.56. The molecule has 0 aliphatic carbocycles. The van der Waals surface area contributed by atoms with Crippen LogP contribution in [0.5, 0.6) is 0 Å². The lowest BCUT2D eigenvalue weighted by atomic mass is 10.1.